The molecule has 0 aromatic carbocycles. The molecular weight excluding hydrogens is 184 g/mol. The van der Waals surface area contributed by atoms with E-state index in [2.05, 4.69) is 13.8 Å². The first-order valence-corrected chi connectivity index (χ1v) is 8.46. The van der Waals surface area contributed by atoms with Crippen LogP contribution in [0.3, 0.4) is 0 Å². The molecule has 70 valence electrons. The Bertz CT molecular complexity index is 104. The van der Waals surface area contributed by atoms with Crippen LogP contribution < -0.4 is 0 Å². The van der Waals surface area contributed by atoms with Crippen molar-refractivity contribution in [2.24, 2.45) is 0 Å². The van der Waals surface area contributed by atoms with E-state index in [1.165, 1.54) is 11.3 Å². The molecule has 0 unspecified atom stereocenters. The fraction of sp³-hybridized carbons (Fsp3) is 1.00. The lowest BCUT2D eigenvalue weighted by molar-refractivity contribution is 0.294. The van der Waals surface area contributed by atoms with Crippen LogP contribution in [0.2, 0.25) is 11.3 Å². The predicted molar refractivity (Wildman–Crippen MR) is 53.6 cm³/mol. The van der Waals surface area contributed by atoms with Crippen molar-refractivity contribution in [1.29, 1.82) is 0 Å². The van der Waals surface area contributed by atoms with Gasteiger partial charge in [-0.05, 0) is 24.2 Å². The van der Waals surface area contributed by atoms with Gasteiger partial charge in [-0.15, -0.1) is 0 Å². The van der Waals surface area contributed by atoms with Gasteiger partial charge < -0.3 is 8.85 Å². The van der Waals surface area contributed by atoms with E-state index in [0.717, 1.165) is 26.1 Å². The van der Waals surface area contributed by atoms with E-state index in [4.69, 9.17) is 8.85 Å². The normalized spacial score (nSPS) is 19.5. The van der Waals surface area contributed by atoms with E-state index >= 15 is 0 Å². The smallest absolute Gasteiger partial charge is 0.210 e. The molecule has 0 aromatic rings. The Kier molecular flexibility index (Phi) is 5.14. The van der Waals surface area contributed by atoms with Gasteiger partial charge in [0, 0.05) is 13.2 Å². The van der Waals surface area contributed by atoms with Gasteiger partial charge in [0.2, 0.25) is 18.1 Å². The zero-order chi connectivity index (χ0) is 8.81. The standard InChI is InChI=1S/C8H18O2Si2/c1-3-5-9-11-7-12(8-11)10-6-4-2/h3-8H2,1-2H3. The van der Waals surface area contributed by atoms with Crippen LogP contribution in [0.25, 0.3) is 0 Å². The van der Waals surface area contributed by atoms with Crippen LogP contribution in [0.5, 0.6) is 0 Å². The van der Waals surface area contributed by atoms with Crippen molar-refractivity contribution >= 4 is 18.1 Å². The molecule has 1 aliphatic heterocycles. The van der Waals surface area contributed by atoms with Gasteiger partial charge in [0.1, 0.15) is 0 Å². The maximum Gasteiger partial charge on any atom is 0.210 e. The summed E-state index contributed by atoms with van der Waals surface area (Å²) in [5.41, 5.74) is 2.63. The lowest BCUT2D eigenvalue weighted by atomic mass is 10.5. The van der Waals surface area contributed by atoms with E-state index in [1.54, 1.807) is 0 Å². The lowest BCUT2D eigenvalue weighted by Gasteiger charge is -2.30. The fourth-order valence-electron chi connectivity index (χ4n) is 1.08. The Morgan fingerprint density at radius 1 is 0.917 bits per heavy atom. The summed E-state index contributed by atoms with van der Waals surface area (Å²) >= 11 is 0. The summed E-state index contributed by atoms with van der Waals surface area (Å²) in [6.45, 7) is 6.27. The molecule has 0 bridgehead atoms. The van der Waals surface area contributed by atoms with Gasteiger partial charge in [-0.3, -0.25) is 0 Å². The minimum absolute atomic E-state index is 0.369. The zero-order valence-electron chi connectivity index (χ0n) is 8.06. The van der Waals surface area contributed by atoms with E-state index in [0.29, 0.717) is 0 Å². The van der Waals surface area contributed by atoms with Crippen molar-refractivity contribution in [2.75, 3.05) is 13.2 Å². The predicted octanol–water partition coefficient (Wildman–Crippen LogP) is 1.91. The van der Waals surface area contributed by atoms with Crippen LogP contribution >= 0.6 is 0 Å². The van der Waals surface area contributed by atoms with E-state index in [1.807, 2.05) is 0 Å². The molecule has 0 aliphatic carbocycles. The van der Waals surface area contributed by atoms with Gasteiger partial charge in [0.25, 0.3) is 0 Å². The van der Waals surface area contributed by atoms with Crippen molar-refractivity contribution in [1.82, 2.24) is 0 Å². The highest BCUT2D eigenvalue weighted by molar-refractivity contribution is 6.89. The largest absolute Gasteiger partial charge is 0.417 e. The molecule has 4 heteroatoms. The third-order valence-corrected chi connectivity index (χ3v) is 9.34. The van der Waals surface area contributed by atoms with Gasteiger partial charge in [-0.1, -0.05) is 13.8 Å². The van der Waals surface area contributed by atoms with Gasteiger partial charge in [-0.2, -0.15) is 0 Å². The van der Waals surface area contributed by atoms with Crippen LogP contribution in [-0.4, -0.2) is 31.3 Å². The van der Waals surface area contributed by atoms with Crippen molar-refractivity contribution in [3.05, 3.63) is 0 Å². The molecule has 0 spiro atoms. The quantitative estimate of drug-likeness (QED) is 0.613. The van der Waals surface area contributed by atoms with Gasteiger partial charge >= 0.3 is 0 Å². The lowest BCUT2D eigenvalue weighted by Crippen LogP contribution is -2.44. The van der Waals surface area contributed by atoms with Crippen LogP contribution in [0, 0.1) is 0 Å². The van der Waals surface area contributed by atoms with Gasteiger partial charge in [-0.25, -0.2) is 0 Å². The molecule has 0 atom stereocenters. The molecule has 1 saturated heterocycles. The maximum absolute atomic E-state index is 5.68. The minimum Gasteiger partial charge on any atom is -0.417 e. The van der Waals surface area contributed by atoms with Crippen LogP contribution in [-0.2, 0) is 8.85 Å². The third kappa shape index (κ3) is 3.39. The van der Waals surface area contributed by atoms with Crippen LogP contribution in [0.4, 0.5) is 0 Å². The second-order valence-corrected chi connectivity index (χ2v) is 8.69. The molecule has 2 radical (unpaired) electrons. The second-order valence-electron chi connectivity index (χ2n) is 3.13. The molecule has 0 N–H and O–H groups in total. The fourth-order valence-corrected chi connectivity index (χ4v) is 6.81. The van der Waals surface area contributed by atoms with Gasteiger partial charge in [0.05, 0.1) is 0 Å². The van der Waals surface area contributed by atoms with Crippen molar-refractivity contribution < 1.29 is 8.85 Å². The van der Waals surface area contributed by atoms with Crippen LogP contribution in [0.15, 0.2) is 0 Å². The first kappa shape index (κ1) is 10.4. The first-order valence-electron chi connectivity index (χ1n) is 4.81. The molecule has 1 fully saturated rings. The van der Waals surface area contributed by atoms with Crippen molar-refractivity contribution in [3.63, 3.8) is 0 Å². The Morgan fingerprint density at radius 2 is 1.33 bits per heavy atom. The summed E-state index contributed by atoms with van der Waals surface area (Å²) in [5.74, 6) is 0. The van der Waals surface area contributed by atoms with E-state index in [-0.39, 0.29) is 18.1 Å². The summed E-state index contributed by atoms with van der Waals surface area (Å²) < 4.78 is 11.4. The highest BCUT2D eigenvalue weighted by Crippen LogP contribution is 2.21. The zero-order valence-corrected chi connectivity index (χ0v) is 10.1. The first-order chi connectivity index (χ1) is 5.86. The summed E-state index contributed by atoms with van der Waals surface area (Å²) in [4.78, 5) is 0. The Balaban J connectivity index is 1.89. The third-order valence-electron chi connectivity index (χ3n) is 1.81. The molecule has 1 rings (SSSR count). The molecule has 0 aromatic heterocycles. The van der Waals surface area contributed by atoms with Crippen LogP contribution in [0.1, 0.15) is 26.7 Å². The highest BCUT2D eigenvalue weighted by Gasteiger charge is 2.36. The summed E-state index contributed by atoms with van der Waals surface area (Å²) in [6.07, 6.45) is 2.32. The van der Waals surface area contributed by atoms with E-state index in [9.17, 15) is 0 Å². The molecular formula is C8H18O2Si2. The summed E-state index contributed by atoms with van der Waals surface area (Å²) in [7, 11) is -0.738. The van der Waals surface area contributed by atoms with Crippen molar-refractivity contribution in [2.45, 2.75) is 38.0 Å². The van der Waals surface area contributed by atoms with Gasteiger partial charge in [0.15, 0.2) is 0 Å². The Morgan fingerprint density at radius 3 is 1.67 bits per heavy atom. The monoisotopic (exact) mass is 202 g/mol. The molecule has 12 heavy (non-hydrogen) atoms. The molecule has 1 aliphatic rings. The maximum atomic E-state index is 5.68. The SMILES string of the molecule is CCCO[Si]1C[Si](OCCC)C1. The van der Waals surface area contributed by atoms with E-state index < -0.39 is 0 Å². The Labute approximate surface area is 78.7 Å². The second kappa shape index (κ2) is 5.91. The topological polar surface area (TPSA) is 18.5 Å². The molecule has 0 saturated carbocycles. The average molecular weight is 202 g/mol. The number of rotatable bonds is 6. The number of hydrogen-bond donors (Lipinski definition) is 0. The minimum atomic E-state index is -0.369. The average Bonchev–Trinajstić information content (AvgIpc) is 2.01. The molecule has 1 heterocycles. The molecule has 0 amide bonds. The highest BCUT2D eigenvalue weighted by atomic mass is 28.4. The Hall–Kier alpha value is 0.354. The van der Waals surface area contributed by atoms with Crippen molar-refractivity contribution in [3.8, 4) is 0 Å². The summed E-state index contributed by atoms with van der Waals surface area (Å²) in [6, 6.07) is 0. The molecule has 2 nitrogen and oxygen atoms in total. The summed E-state index contributed by atoms with van der Waals surface area (Å²) in [5, 5.41) is 0. The number of hydrogen-bond acceptors (Lipinski definition) is 2.